The molecule has 0 saturated carbocycles. The van der Waals surface area contributed by atoms with Gasteiger partial charge in [-0.25, -0.2) is 9.13 Å². The number of unbranched alkanes of at least 4 members (excludes halogenated alkanes) is 26. The number of rotatable bonds is 64. The topological polar surface area (TPSA) is 237 Å². The van der Waals surface area contributed by atoms with Crippen LogP contribution in [0.25, 0.3) is 0 Å². The Morgan fingerprint density at radius 1 is 0.314 bits per heavy atom. The quantitative estimate of drug-likeness (QED) is 0.0222. The molecule has 86 heavy (non-hydrogen) atoms. The van der Waals surface area contributed by atoms with Gasteiger partial charge in [0.05, 0.1) is 26.4 Å². The van der Waals surface area contributed by atoms with Gasteiger partial charge in [0.1, 0.15) is 19.3 Å². The molecule has 0 saturated heterocycles. The molecule has 17 nitrogen and oxygen atoms in total. The molecule has 0 bridgehead atoms. The smallest absolute Gasteiger partial charge is 0.462 e. The molecule has 0 spiro atoms. The second kappa shape index (κ2) is 57.0. The van der Waals surface area contributed by atoms with E-state index in [9.17, 15) is 43.2 Å². The number of hydrogen-bond donors (Lipinski definition) is 3. The van der Waals surface area contributed by atoms with Crippen LogP contribution in [0.1, 0.15) is 325 Å². The SMILES string of the molecule is CCC(C)CCCCCCCCCCCCC(=O)OC[C@H](COP(=O)(O)OC[C@@H](O)COP(=O)(O)OC[C@@H](COC(=O)CCCCCCCCC(C)CC)OC(=O)CCCCCCCCCCC(C)CC)OC(=O)CCCCCCCCC(C)CC. The summed E-state index contributed by atoms with van der Waals surface area (Å²) in [6.07, 6.45) is 37.5. The maximum absolute atomic E-state index is 13.0. The monoisotopic (exact) mass is 1270 g/mol. The number of aliphatic hydroxyl groups excluding tert-OH is 1. The highest BCUT2D eigenvalue weighted by atomic mass is 31.2. The molecular formula is C67H130O17P2. The zero-order chi connectivity index (χ0) is 63.9. The van der Waals surface area contributed by atoms with Crippen molar-refractivity contribution in [2.24, 2.45) is 23.7 Å². The molecule has 0 aliphatic carbocycles. The van der Waals surface area contributed by atoms with E-state index in [1.165, 1.54) is 122 Å². The molecule has 0 aliphatic heterocycles. The van der Waals surface area contributed by atoms with Crippen molar-refractivity contribution >= 4 is 39.5 Å². The molecule has 9 atom stereocenters. The molecule has 0 heterocycles. The summed E-state index contributed by atoms with van der Waals surface area (Å²) in [4.78, 5) is 72.4. The minimum Gasteiger partial charge on any atom is -0.462 e. The largest absolute Gasteiger partial charge is 0.472 e. The molecule has 0 amide bonds. The van der Waals surface area contributed by atoms with Crippen LogP contribution < -0.4 is 0 Å². The number of phosphoric ester groups is 2. The van der Waals surface area contributed by atoms with Gasteiger partial charge in [-0.1, -0.05) is 274 Å². The Balaban J connectivity index is 5.26. The molecule has 0 aromatic heterocycles. The molecule has 0 rings (SSSR count). The van der Waals surface area contributed by atoms with Crippen molar-refractivity contribution in [1.82, 2.24) is 0 Å². The van der Waals surface area contributed by atoms with E-state index in [0.29, 0.717) is 25.7 Å². The van der Waals surface area contributed by atoms with Crippen LogP contribution in [0, 0.1) is 23.7 Å². The number of ether oxygens (including phenoxy) is 4. The maximum Gasteiger partial charge on any atom is 0.472 e. The van der Waals surface area contributed by atoms with Gasteiger partial charge >= 0.3 is 39.5 Å². The normalized spacial score (nSPS) is 15.6. The predicted octanol–water partition coefficient (Wildman–Crippen LogP) is 18.5. The molecule has 0 aliphatic rings. The van der Waals surface area contributed by atoms with E-state index in [-0.39, 0.29) is 25.7 Å². The third-order valence-electron chi connectivity index (χ3n) is 16.8. The Hall–Kier alpha value is -1.94. The van der Waals surface area contributed by atoms with Gasteiger partial charge in [-0.3, -0.25) is 37.3 Å². The Bertz CT molecular complexity index is 1720. The average molecular weight is 1270 g/mol. The molecule has 0 aromatic rings. The van der Waals surface area contributed by atoms with Gasteiger partial charge in [0.25, 0.3) is 0 Å². The number of carbonyl (C=O) groups excluding carboxylic acids is 4. The van der Waals surface area contributed by atoms with Crippen LogP contribution in [0.15, 0.2) is 0 Å². The minimum atomic E-state index is -4.95. The van der Waals surface area contributed by atoms with Crippen LogP contribution in [0.2, 0.25) is 0 Å². The summed E-state index contributed by atoms with van der Waals surface area (Å²) < 4.78 is 68.1. The molecule has 3 N–H and O–H groups in total. The van der Waals surface area contributed by atoms with Gasteiger partial charge < -0.3 is 33.8 Å². The Kier molecular flexibility index (Phi) is 55.7. The lowest BCUT2D eigenvalue weighted by Crippen LogP contribution is -2.30. The first-order valence-electron chi connectivity index (χ1n) is 34.9. The number of aliphatic hydroxyl groups is 1. The van der Waals surface area contributed by atoms with E-state index in [2.05, 4.69) is 55.4 Å². The standard InChI is InChI=1S/C67H130O17P2/c1-9-57(5)43-35-27-19-15-13-14-16-21-31-39-47-64(69)77-53-63(84-67(72)50-42-34-26-24-30-38-46-60(8)12-4)56-82-86(75,76)80-52-61(68)51-79-85(73,74)81-55-62(54-78-65(70)48-40-32-25-23-29-37-45-59(7)11-3)83-66(71)49-41-33-22-18-17-20-28-36-44-58(6)10-2/h57-63,68H,9-56H2,1-8H3,(H,73,74)(H,75,76)/t57?,58?,59?,60?,61-,62+,63+/m0/s1. The fraction of sp³-hybridized carbons (Fsp3) is 0.940. The van der Waals surface area contributed by atoms with Crippen molar-refractivity contribution in [3.8, 4) is 0 Å². The van der Waals surface area contributed by atoms with Crippen molar-refractivity contribution in [3.05, 3.63) is 0 Å². The van der Waals surface area contributed by atoms with Crippen LogP contribution in [0.5, 0.6) is 0 Å². The number of hydrogen-bond acceptors (Lipinski definition) is 15. The van der Waals surface area contributed by atoms with Crippen molar-refractivity contribution < 1.29 is 80.2 Å². The average Bonchev–Trinajstić information content (AvgIpc) is 3.64. The first-order valence-corrected chi connectivity index (χ1v) is 37.8. The Morgan fingerprint density at radius 3 is 0.767 bits per heavy atom. The summed E-state index contributed by atoms with van der Waals surface area (Å²) in [6.45, 7) is 14.1. The van der Waals surface area contributed by atoms with Crippen LogP contribution in [-0.2, 0) is 65.4 Å². The maximum atomic E-state index is 13.0. The summed E-state index contributed by atoms with van der Waals surface area (Å²) in [5.74, 6) is 0.892. The van der Waals surface area contributed by atoms with E-state index in [0.717, 1.165) is 120 Å². The first kappa shape index (κ1) is 84.1. The van der Waals surface area contributed by atoms with E-state index < -0.39 is 97.5 Å². The highest BCUT2D eigenvalue weighted by Crippen LogP contribution is 2.45. The molecule has 19 heteroatoms. The van der Waals surface area contributed by atoms with Crippen LogP contribution in [0.3, 0.4) is 0 Å². The number of esters is 4. The van der Waals surface area contributed by atoms with Crippen molar-refractivity contribution in [1.29, 1.82) is 0 Å². The van der Waals surface area contributed by atoms with E-state index in [1.54, 1.807) is 0 Å². The fourth-order valence-electron chi connectivity index (χ4n) is 9.83. The summed E-state index contributed by atoms with van der Waals surface area (Å²) >= 11 is 0. The summed E-state index contributed by atoms with van der Waals surface area (Å²) in [6, 6.07) is 0. The van der Waals surface area contributed by atoms with Crippen LogP contribution in [0.4, 0.5) is 0 Å². The molecular weight excluding hydrogens is 1140 g/mol. The van der Waals surface area contributed by atoms with E-state index in [4.69, 9.17) is 37.0 Å². The number of carbonyl (C=O) groups is 4. The molecule has 0 fully saturated rings. The molecule has 510 valence electrons. The van der Waals surface area contributed by atoms with Gasteiger partial charge in [0.2, 0.25) is 0 Å². The second-order valence-electron chi connectivity index (χ2n) is 25.2. The highest BCUT2D eigenvalue weighted by Gasteiger charge is 2.30. The van der Waals surface area contributed by atoms with Gasteiger partial charge in [0.15, 0.2) is 12.2 Å². The minimum absolute atomic E-state index is 0.102. The van der Waals surface area contributed by atoms with Gasteiger partial charge in [-0.05, 0) is 49.4 Å². The lowest BCUT2D eigenvalue weighted by Gasteiger charge is -2.21. The summed E-state index contributed by atoms with van der Waals surface area (Å²) in [5.41, 5.74) is 0. The fourth-order valence-corrected chi connectivity index (χ4v) is 11.4. The van der Waals surface area contributed by atoms with Crippen LogP contribution >= 0.6 is 15.6 Å². The zero-order valence-corrected chi connectivity index (χ0v) is 57.7. The number of phosphoric acid groups is 2. The lowest BCUT2D eigenvalue weighted by molar-refractivity contribution is -0.161. The lowest BCUT2D eigenvalue weighted by atomic mass is 9.99. The van der Waals surface area contributed by atoms with Crippen molar-refractivity contribution in [2.45, 2.75) is 343 Å². The second-order valence-corrected chi connectivity index (χ2v) is 28.1. The third-order valence-corrected chi connectivity index (χ3v) is 18.7. The van der Waals surface area contributed by atoms with Crippen molar-refractivity contribution in [2.75, 3.05) is 39.6 Å². The van der Waals surface area contributed by atoms with Gasteiger partial charge in [0, 0.05) is 25.7 Å². The van der Waals surface area contributed by atoms with Gasteiger partial charge in [-0.15, -0.1) is 0 Å². The molecule has 0 radical (unpaired) electrons. The van der Waals surface area contributed by atoms with E-state index >= 15 is 0 Å². The van der Waals surface area contributed by atoms with Crippen LogP contribution in [-0.4, -0.2) is 96.7 Å². The summed E-state index contributed by atoms with van der Waals surface area (Å²) in [5, 5.41) is 10.6. The molecule has 6 unspecified atom stereocenters. The summed E-state index contributed by atoms with van der Waals surface area (Å²) in [7, 11) is -9.90. The highest BCUT2D eigenvalue weighted by molar-refractivity contribution is 7.47. The van der Waals surface area contributed by atoms with Crippen molar-refractivity contribution in [3.63, 3.8) is 0 Å². The van der Waals surface area contributed by atoms with Gasteiger partial charge in [-0.2, -0.15) is 0 Å². The molecule has 0 aromatic carbocycles. The Morgan fingerprint density at radius 2 is 0.523 bits per heavy atom. The van der Waals surface area contributed by atoms with E-state index in [1.807, 2.05) is 0 Å². The zero-order valence-electron chi connectivity index (χ0n) is 55.9. The first-order chi connectivity index (χ1) is 41.2. The predicted molar refractivity (Wildman–Crippen MR) is 344 cm³/mol. The Labute approximate surface area is 524 Å². The third kappa shape index (κ3) is 56.1.